The third kappa shape index (κ3) is 3.15. The maximum atomic E-state index is 12.0. The number of halogens is 1. The molecule has 90 valence electrons. The van der Waals surface area contributed by atoms with Crippen molar-refractivity contribution < 1.29 is 4.79 Å². The van der Waals surface area contributed by atoms with Gasteiger partial charge >= 0.3 is 0 Å². The smallest absolute Gasteiger partial charge is 0.195 e. The number of nitrogens with zero attached hydrogens (tertiary/aromatic N) is 2. The highest BCUT2D eigenvalue weighted by Gasteiger charge is 2.18. The van der Waals surface area contributed by atoms with E-state index in [4.69, 9.17) is 0 Å². The molecular weight excluding hydrogens is 270 g/mol. The van der Waals surface area contributed by atoms with Gasteiger partial charge in [0.05, 0.1) is 17.2 Å². The molecule has 0 aliphatic carbocycles. The number of rotatable bonds is 5. The number of hydrogen-bond acceptors (Lipinski definition) is 3. The molecule has 5 heteroatoms. The van der Waals surface area contributed by atoms with Crippen LogP contribution in [0.15, 0.2) is 10.7 Å². The fourth-order valence-electron chi connectivity index (χ4n) is 1.37. The molecule has 1 heterocycles. The van der Waals surface area contributed by atoms with Gasteiger partial charge in [0.2, 0.25) is 0 Å². The van der Waals surface area contributed by atoms with Crippen LogP contribution < -0.4 is 5.32 Å². The van der Waals surface area contributed by atoms with Crippen molar-refractivity contribution in [1.82, 2.24) is 15.1 Å². The molecule has 0 aliphatic heterocycles. The highest BCUT2D eigenvalue weighted by molar-refractivity contribution is 9.10. The van der Waals surface area contributed by atoms with Crippen molar-refractivity contribution in [2.75, 3.05) is 6.54 Å². The number of aromatic nitrogens is 2. The first-order valence-corrected chi connectivity index (χ1v) is 6.22. The Labute approximate surface area is 105 Å². The SMILES string of the molecule is CC(C)NCC(=O)c1c(Br)cnn1C(C)C. The summed E-state index contributed by atoms with van der Waals surface area (Å²) in [5.41, 5.74) is 0.642. The third-order valence-electron chi connectivity index (χ3n) is 2.17. The van der Waals surface area contributed by atoms with Crippen LogP contribution in [0.3, 0.4) is 0 Å². The summed E-state index contributed by atoms with van der Waals surface area (Å²) >= 11 is 3.36. The Balaban J connectivity index is 2.85. The molecule has 0 saturated heterocycles. The van der Waals surface area contributed by atoms with E-state index in [9.17, 15) is 4.79 Å². The second-order valence-electron chi connectivity index (χ2n) is 4.34. The van der Waals surface area contributed by atoms with E-state index < -0.39 is 0 Å². The van der Waals surface area contributed by atoms with Crippen LogP contribution in [0.5, 0.6) is 0 Å². The van der Waals surface area contributed by atoms with E-state index in [-0.39, 0.29) is 11.8 Å². The molecule has 0 radical (unpaired) electrons. The number of carbonyl (C=O) groups excluding carboxylic acids is 1. The normalized spacial score (nSPS) is 11.4. The van der Waals surface area contributed by atoms with E-state index in [1.165, 1.54) is 0 Å². The number of Topliss-reactive ketones (excluding diaryl/α,β-unsaturated/α-hetero) is 1. The summed E-state index contributed by atoms with van der Waals surface area (Å²) in [6.45, 7) is 8.39. The predicted molar refractivity (Wildman–Crippen MR) is 67.8 cm³/mol. The Morgan fingerprint density at radius 3 is 2.62 bits per heavy atom. The lowest BCUT2D eigenvalue weighted by Crippen LogP contribution is -2.30. The third-order valence-corrected chi connectivity index (χ3v) is 2.76. The summed E-state index contributed by atoms with van der Waals surface area (Å²) in [4.78, 5) is 12.0. The Bertz CT molecular complexity index is 371. The molecule has 0 amide bonds. The van der Waals surface area contributed by atoms with Crippen LogP contribution in [0, 0.1) is 0 Å². The van der Waals surface area contributed by atoms with E-state index in [0.717, 1.165) is 4.47 Å². The maximum absolute atomic E-state index is 12.0. The van der Waals surface area contributed by atoms with E-state index in [1.54, 1.807) is 10.9 Å². The van der Waals surface area contributed by atoms with Gasteiger partial charge in [0.1, 0.15) is 5.69 Å². The lowest BCUT2D eigenvalue weighted by molar-refractivity contribution is 0.0975. The molecule has 0 aromatic carbocycles. The average Bonchev–Trinajstić information content (AvgIpc) is 2.56. The topological polar surface area (TPSA) is 46.9 Å². The van der Waals surface area contributed by atoms with Gasteiger partial charge < -0.3 is 5.32 Å². The molecule has 0 fully saturated rings. The van der Waals surface area contributed by atoms with E-state index in [2.05, 4.69) is 26.3 Å². The van der Waals surface area contributed by atoms with Crippen molar-refractivity contribution in [2.24, 2.45) is 0 Å². The average molecular weight is 288 g/mol. The first kappa shape index (κ1) is 13.4. The summed E-state index contributed by atoms with van der Waals surface area (Å²) < 4.78 is 2.51. The highest BCUT2D eigenvalue weighted by Crippen LogP contribution is 2.19. The zero-order valence-corrected chi connectivity index (χ0v) is 11.7. The van der Waals surface area contributed by atoms with E-state index >= 15 is 0 Å². The Morgan fingerprint density at radius 1 is 1.50 bits per heavy atom. The molecule has 16 heavy (non-hydrogen) atoms. The van der Waals surface area contributed by atoms with E-state index in [1.807, 2.05) is 27.7 Å². The van der Waals surface area contributed by atoms with Gasteiger partial charge in [-0.25, -0.2) is 0 Å². The van der Waals surface area contributed by atoms with Gasteiger partial charge in [-0.2, -0.15) is 5.10 Å². The van der Waals surface area contributed by atoms with Crippen molar-refractivity contribution in [3.05, 3.63) is 16.4 Å². The first-order chi connectivity index (χ1) is 7.43. The second-order valence-corrected chi connectivity index (χ2v) is 5.19. The van der Waals surface area contributed by atoms with Gasteiger partial charge in [-0.3, -0.25) is 9.48 Å². The minimum Gasteiger partial charge on any atom is -0.307 e. The second kappa shape index (κ2) is 5.59. The largest absolute Gasteiger partial charge is 0.307 e. The van der Waals surface area contributed by atoms with Crippen LogP contribution in [0.4, 0.5) is 0 Å². The van der Waals surface area contributed by atoms with Gasteiger partial charge in [0.25, 0.3) is 0 Å². The standard InChI is InChI=1S/C11H18BrN3O/c1-7(2)13-6-10(16)11-9(12)5-14-15(11)8(3)4/h5,7-8,13H,6H2,1-4H3. The molecule has 4 nitrogen and oxygen atoms in total. The number of ketones is 1. The molecule has 0 saturated carbocycles. The van der Waals surface area contributed by atoms with Crippen molar-refractivity contribution >= 4 is 21.7 Å². The van der Waals surface area contributed by atoms with Crippen LogP contribution in [0.1, 0.15) is 44.2 Å². The fraction of sp³-hybridized carbons (Fsp3) is 0.636. The van der Waals surface area contributed by atoms with Gasteiger partial charge in [-0.1, -0.05) is 13.8 Å². The Hall–Kier alpha value is -0.680. The molecule has 0 spiro atoms. The van der Waals surface area contributed by atoms with Crippen molar-refractivity contribution in [3.63, 3.8) is 0 Å². The van der Waals surface area contributed by atoms with Crippen LogP contribution in [-0.2, 0) is 0 Å². The van der Waals surface area contributed by atoms with E-state index in [0.29, 0.717) is 18.3 Å². The lowest BCUT2D eigenvalue weighted by atomic mass is 10.2. The Kier molecular flexibility index (Phi) is 4.68. The van der Waals surface area contributed by atoms with Crippen molar-refractivity contribution in [1.29, 1.82) is 0 Å². The molecule has 1 rings (SSSR count). The summed E-state index contributed by atoms with van der Waals surface area (Å²) in [5.74, 6) is 0.0618. The zero-order chi connectivity index (χ0) is 12.3. The van der Waals surface area contributed by atoms with Crippen molar-refractivity contribution in [3.8, 4) is 0 Å². The van der Waals surface area contributed by atoms with Gasteiger partial charge in [0.15, 0.2) is 5.78 Å². The molecule has 0 bridgehead atoms. The highest BCUT2D eigenvalue weighted by atomic mass is 79.9. The summed E-state index contributed by atoms with van der Waals surface area (Å²) in [7, 11) is 0. The van der Waals surface area contributed by atoms with Crippen LogP contribution in [-0.4, -0.2) is 28.2 Å². The maximum Gasteiger partial charge on any atom is 0.195 e. The van der Waals surface area contributed by atoms with Crippen LogP contribution in [0.25, 0.3) is 0 Å². The quantitative estimate of drug-likeness (QED) is 0.846. The lowest BCUT2D eigenvalue weighted by Gasteiger charge is -2.12. The molecule has 1 N–H and O–H groups in total. The molecule has 0 aliphatic rings. The molecular formula is C11H18BrN3O. The summed E-state index contributed by atoms with van der Waals surface area (Å²) in [5, 5.41) is 7.30. The molecule has 1 aromatic rings. The predicted octanol–water partition coefficient (Wildman–Crippen LogP) is 2.41. The van der Waals surface area contributed by atoms with Crippen LogP contribution >= 0.6 is 15.9 Å². The van der Waals surface area contributed by atoms with Crippen molar-refractivity contribution in [2.45, 2.75) is 39.8 Å². The number of carbonyl (C=O) groups is 1. The minimum atomic E-state index is 0.0618. The van der Waals surface area contributed by atoms with Gasteiger partial charge in [0, 0.05) is 12.1 Å². The molecule has 0 atom stereocenters. The monoisotopic (exact) mass is 287 g/mol. The number of nitrogens with one attached hydrogen (secondary N) is 1. The molecule has 0 unspecified atom stereocenters. The molecule has 1 aromatic heterocycles. The zero-order valence-electron chi connectivity index (χ0n) is 10.1. The van der Waals surface area contributed by atoms with Gasteiger partial charge in [-0.15, -0.1) is 0 Å². The Morgan fingerprint density at radius 2 is 2.12 bits per heavy atom. The summed E-state index contributed by atoms with van der Waals surface area (Å²) in [6, 6.07) is 0.488. The minimum absolute atomic E-state index is 0.0618. The van der Waals surface area contributed by atoms with Gasteiger partial charge in [-0.05, 0) is 29.8 Å². The first-order valence-electron chi connectivity index (χ1n) is 5.43. The number of hydrogen-bond donors (Lipinski definition) is 1. The van der Waals surface area contributed by atoms with Crippen LogP contribution in [0.2, 0.25) is 0 Å². The fourth-order valence-corrected chi connectivity index (χ4v) is 1.87. The summed E-state index contributed by atoms with van der Waals surface area (Å²) in [6.07, 6.45) is 1.67.